The third kappa shape index (κ3) is 4.69. The highest BCUT2D eigenvalue weighted by Crippen LogP contribution is 2.15. The molecule has 0 atom stereocenters. The molecular weight excluding hydrogens is 286 g/mol. The van der Waals surface area contributed by atoms with Gasteiger partial charge in [-0.1, -0.05) is 35.5 Å². The number of benzene rings is 1. The van der Waals surface area contributed by atoms with Crippen LogP contribution in [0.25, 0.3) is 11.4 Å². The summed E-state index contributed by atoms with van der Waals surface area (Å²) in [6.07, 6.45) is 0.725. The molecule has 1 N–H and O–H groups in total. The first-order chi connectivity index (χ1) is 10.7. The Bertz CT molecular complexity index is 625. The minimum absolute atomic E-state index is 0.154. The number of rotatable bonds is 7. The van der Waals surface area contributed by atoms with Crippen molar-refractivity contribution in [2.75, 3.05) is 13.7 Å². The number of nitrogens with zero attached hydrogens (tertiary/aromatic N) is 2. The molecule has 0 spiro atoms. The van der Waals surface area contributed by atoms with Crippen LogP contribution in [0.5, 0.6) is 0 Å². The summed E-state index contributed by atoms with van der Waals surface area (Å²) in [5.41, 5.74) is 0.861. The third-order valence-corrected chi connectivity index (χ3v) is 2.94. The lowest BCUT2D eigenvalue weighted by molar-refractivity contribution is -0.140. The van der Waals surface area contributed by atoms with Gasteiger partial charge in [-0.2, -0.15) is 4.98 Å². The van der Waals surface area contributed by atoms with E-state index < -0.39 is 0 Å². The van der Waals surface area contributed by atoms with Crippen LogP contribution in [0.3, 0.4) is 0 Å². The molecule has 116 valence electrons. The first kappa shape index (κ1) is 15.7. The molecule has 7 heteroatoms. The van der Waals surface area contributed by atoms with Gasteiger partial charge in [-0.15, -0.1) is 0 Å². The van der Waals surface area contributed by atoms with Crippen molar-refractivity contribution in [1.29, 1.82) is 0 Å². The molecule has 1 aromatic heterocycles. The molecule has 0 unspecified atom stereocenters. The summed E-state index contributed by atoms with van der Waals surface area (Å²) in [5, 5.41) is 6.51. The smallest absolute Gasteiger partial charge is 0.307 e. The number of hydrogen-bond donors (Lipinski definition) is 1. The van der Waals surface area contributed by atoms with Gasteiger partial charge >= 0.3 is 5.97 Å². The first-order valence-corrected chi connectivity index (χ1v) is 6.90. The van der Waals surface area contributed by atoms with Crippen LogP contribution < -0.4 is 5.32 Å². The number of methoxy groups -OCH3 is 1. The van der Waals surface area contributed by atoms with E-state index >= 15 is 0 Å². The van der Waals surface area contributed by atoms with Crippen molar-refractivity contribution in [2.45, 2.75) is 19.3 Å². The zero-order valence-corrected chi connectivity index (χ0v) is 12.2. The number of aromatic nitrogens is 2. The predicted molar refractivity (Wildman–Crippen MR) is 77.7 cm³/mol. The van der Waals surface area contributed by atoms with E-state index in [-0.39, 0.29) is 31.3 Å². The fourth-order valence-corrected chi connectivity index (χ4v) is 1.78. The molecule has 7 nitrogen and oxygen atoms in total. The fraction of sp³-hybridized carbons (Fsp3) is 0.333. The lowest BCUT2D eigenvalue weighted by Crippen LogP contribution is -2.26. The van der Waals surface area contributed by atoms with Crippen molar-refractivity contribution in [1.82, 2.24) is 15.5 Å². The van der Waals surface area contributed by atoms with Crippen molar-refractivity contribution in [3.63, 3.8) is 0 Å². The molecule has 2 aromatic rings. The summed E-state index contributed by atoms with van der Waals surface area (Å²) in [7, 11) is 1.31. The molecular formula is C15H17N3O4. The highest BCUT2D eigenvalue weighted by molar-refractivity contribution is 5.77. The average molecular weight is 303 g/mol. The molecule has 0 radical (unpaired) electrons. The lowest BCUT2D eigenvalue weighted by atomic mass is 10.2. The van der Waals surface area contributed by atoms with Gasteiger partial charge in [0.2, 0.25) is 17.6 Å². The number of carbonyl (C=O) groups excluding carboxylic acids is 2. The molecule has 0 aliphatic carbocycles. The average Bonchev–Trinajstić information content (AvgIpc) is 3.02. The number of ether oxygens (including phenoxy) is 1. The Balaban J connectivity index is 1.77. The van der Waals surface area contributed by atoms with E-state index in [2.05, 4.69) is 20.2 Å². The zero-order chi connectivity index (χ0) is 15.8. The molecule has 1 aromatic carbocycles. The van der Waals surface area contributed by atoms with Crippen molar-refractivity contribution in [2.24, 2.45) is 0 Å². The number of aryl methyl sites for hydroxylation is 1. The summed E-state index contributed by atoms with van der Waals surface area (Å²) in [5.74, 6) is 0.372. The molecule has 22 heavy (non-hydrogen) atoms. The maximum absolute atomic E-state index is 11.6. The Kier molecular flexibility index (Phi) is 5.65. The van der Waals surface area contributed by atoms with Gasteiger partial charge in [0.15, 0.2) is 0 Å². The molecule has 0 bridgehead atoms. The Morgan fingerprint density at radius 2 is 2.00 bits per heavy atom. The second kappa shape index (κ2) is 7.92. The maximum atomic E-state index is 11.6. The largest absolute Gasteiger partial charge is 0.469 e. The van der Waals surface area contributed by atoms with Gasteiger partial charge in [0.25, 0.3) is 0 Å². The van der Waals surface area contributed by atoms with Crippen LogP contribution >= 0.6 is 0 Å². The van der Waals surface area contributed by atoms with Gasteiger partial charge in [0.05, 0.1) is 13.5 Å². The maximum Gasteiger partial charge on any atom is 0.307 e. The van der Waals surface area contributed by atoms with E-state index in [1.165, 1.54) is 7.11 Å². The summed E-state index contributed by atoms with van der Waals surface area (Å²) in [4.78, 5) is 26.8. The fourth-order valence-electron chi connectivity index (χ4n) is 1.78. The zero-order valence-electron chi connectivity index (χ0n) is 12.2. The number of esters is 1. The van der Waals surface area contributed by atoms with Gasteiger partial charge in [0.1, 0.15) is 0 Å². The standard InChI is InChI=1S/C15H17N3O4/c1-21-14(20)9-10-16-12(19)7-8-13-17-15(18-22-13)11-5-3-2-4-6-11/h2-6H,7-10H2,1H3,(H,16,19). The minimum Gasteiger partial charge on any atom is -0.469 e. The summed E-state index contributed by atoms with van der Waals surface area (Å²) in [6, 6.07) is 9.45. The van der Waals surface area contributed by atoms with Crippen LogP contribution in [0.15, 0.2) is 34.9 Å². The molecule has 1 amide bonds. The van der Waals surface area contributed by atoms with Gasteiger partial charge in [-0.3, -0.25) is 9.59 Å². The highest BCUT2D eigenvalue weighted by atomic mass is 16.5. The molecule has 2 rings (SSSR count). The molecule has 0 fully saturated rings. The van der Waals surface area contributed by atoms with Gasteiger partial charge in [-0.05, 0) is 0 Å². The molecule has 0 saturated carbocycles. The van der Waals surface area contributed by atoms with E-state index in [0.29, 0.717) is 18.1 Å². The molecule has 0 saturated heterocycles. The Hall–Kier alpha value is -2.70. The second-order valence-corrected chi connectivity index (χ2v) is 4.55. The number of nitrogens with one attached hydrogen (secondary N) is 1. The number of amides is 1. The molecule has 1 heterocycles. The van der Waals surface area contributed by atoms with E-state index in [1.54, 1.807) is 0 Å². The summed E-state index contributed by atoms with van der Waals surface area (Å²) in [6.45, 7) is 0.255. The lowest BCUT2D eigenvalue weighted by Gasteiger charge is -2.02. The van der Waals surface area contributed by atoms with E-state index in [1.807, 2.05) is 30.3 Å². The number of hydrogen-bond acceptors (Lipinski definition) is 6. The van der Waals surface area contributed by atoms with Crippen LogP contribution in [0, 0.1) is 0 Å². The van der Waals surface area contributed by atoms with E-state index in [9.17, 15) is 9.59 Å². The van der Waals surface area contributed by atoms with Crippen molar-refractivity contribution >= 4 is 11.9 Å². The van der Waals surface area contributed by atoms with Crippen LogP contribution in [-0.2, 0) is 20.7 Å². The summed E-state index contributed by atoms with van der Waals surface area (Å²) >= 11 is 0. The van der Waals surface area contributed by atoms with Gasteiger partial charge < -0.3 is 14.6 Å². The van der Waals surface area contributed by atoms with Crippen molar-refractivity contribution in [3.8, 4) is 11.4 Å². The van der Waals surface area contributed by atoms with Crippen LogP contribution in [0.4, 0.5) is 0 Å². The first-order valence-electron chi connectivity index (χ1n) is 6.90. The third-order valence-electron chi connectivity index (χ3n) is 2.94. The van der Waals surface area contributed by atoms with Crippen molar-refractivity contribution in [3.05, 3.63) is 36.2 Å². The van der Waals surface area contributed by atoms with Crippen LogP contribution in [0.2, 0.25) is 0 Å². The predicted octanol–water partition coefficient (Wildman–Crippen LogP) is 1.35. The normalized spacial score (nSPS) is 10.2. The quantitative estimate of drug-likeness (QED) is 0.776. The molecule has 0 aliphatic heterocycles. The van der Waals surface area contributed by atoms with Crippen molar-refractivity contribution < 1.29 is 18.8 Å². The number of carbonyl (C=O) groups is 2. The van der Waals surface area contributed by atoms with Crippen LogP contribution in [-0.4, -0.2) is 35.7 Å². The Morgan fingerprint density at radius 3 is 2.73 bits per heavy atom. The minimum atomic E-state index is -0.357. The van der Waals surface area contributed by atoms with E-state index in [0.717, 1.165) is 5.56 Å². The Morgan fingerprint density at radius 1 is 1.23 bits per heavy atom. The molecule has 0 aliphatic rings. The van der Waals surface area contributed by atoms with E-state index in [4.69, 9.17) is 4.52 Å². The highest BCUT2D eigenvalue weighted by Gasteiger charge is 2.10. The Labute approximate surface area is 127 Å². The van der Waals surface area contributed by atoms with Crippen LogP contribution in [0.1, 0.15) is 18.7 Å². The monoisotopic (exact) mass is 303 g/mol. The van der Waals surface area contributed by atoms with Gasteiger partial charge in [0, 0.05) is 24.9 Å². The topological polar surface area (TPSA) is 94.3 Å². The SMILES string of the molecule is COC(=O)CCNC(=O)CCc1nc(-c2ccccc2)no1. The summed E-state index contributed by atoms with van der Waals surface area (Å²) < 4.78 is 9.60. The second-order valence-electron chi connectivity index (χ2n) is 4.55. The van der Waals surface area contributed by atoms with Gasteiger partial charge in [-0.25, -0.2) is 0 Å².